The number of aromatic nitrogens is 1. The Kier molecular flexibility index (Phi) is 7.15. The Labute approximate surface area is 184 Å². The lowest BCUT2D eigenvalue weighted by Gasteiger charge is -2.61. The molecule has 2 atom stereocenters. The maximum atomic E-state index is 5.98. The molecule has 1 spiro atoms. The van der Waals surface area contributed by atoms with Crippen LogP contribution in [0.15, 0.2) is 41.5 Å². The molecule has 152 valence electrons. The summed E-state index contributed by atoms with van der Waals surface area (Å²) in [5.74, 6) is 0.907. The Bertz CT molecular complexity index is 816. The van der Waals surface area contributed by atoms with Crippen molar-refractivity contribution in [2.75, 3.05) is 13.2 Å². The van der Waals surface area contributed by atoms with Gasteiger partial charge in [0.25, 0.3) is 0 Å². The van der Waals surface area contributed by atoms with Crippen molar-refractivity contribution in [3.05, 3.63) is 42.1 Å². The third-order valence-corrected chi connectivity index (χ3v) is 6.24. The largest absolute Gasteiger partial charge is 0.378 e. The second-order valence-electron chi connectivity index (χ2n) is 7.65. The van der Waals surface area contributed by atoms with Crippen LogP contribution in [0.25, 0.3) is 10.9 Å². The quantitative estimate of drug-likeness (QED) is 0.358. The van der Waals surface area contributed by atoms with E-state index in [1.807, 2.05) is 12.3 Å². The van der Waals surface area contributed by atoms with Crippen LogP contribution in [0.4, 0.5) is 0 Å². The summed E-state index contributed by atoms with van der Waals surface area (Å²) in [7, 11) is 0. The van der Waals surface area contributed by atoms with Gasteiger partial charge in [0.1, 0.15) is 0 Å². The molecule has 1 heterocycles. The number of rotatable bonds is 6. The molecule has 2 aliphatic rings. The molecule has 2 fully saturated rings. The third-order valence-electron chi connectivity index (χ3n) is 6.24. The Morgan fingerprint density at radius 1 is 1.25 bits per heavy atom. The van der Waals surface area contributed by atoms with Crippen molar-refractivity contribution in [1.29, 1.82) is 0 Å². The van der Waals surface area contributed by atoms with Crippen molar-refractivity contribution in [1.82, 2.24) is 15.6 Å². The van der Waals surface area contributed by atoms with Crippen LogP contribution in [0.2, 0.25) is 0 Å². The van der Waals surface area contributed by atoms with E-state index in [0.29, 0.717) is 24.1 Å². The molecule has 1 aromatic heterocycles. The Balaban J connectivity index is 0.00000225. The lowest BCUT2D eigenvalue weighted by molar-refractivity contribution is -0.168. The van der Waals surface area contributed by atoms with Crippen LogP contribution in [0.1, 0.15) is 45.1 Å². The molecule has 2 aliphatic carbocycles. The number of aliphatic imine (C=N–C) groups is 1. The zero-order chi connectivity index (χ0) is 18.7. The molecule has 0 amide bonds. The number of benzene rings is 1. The molecular formula is C22H31IN4O. The van der Waals surface area contributed by atoms with Crippen molar-refractivity contribution in [2.24, 2.45) is 10.4 Å². The van der Waals surface area contributed by atoms with Gasteiger partial charge in [0, 0.05) is 36.2 Å². The number of para-hydroxylation sites is 1. The van der Waals surface area contributed by atoms with Crippen LogP contribution in [0.3, 0.4) is 0 Å². The first-order valence-corrected chi connectivity index (χ1v) is 10.3. The van der Waals surface area contributed by atoms with Gasteiger partial charge < -0.3 is 15.4 Å². The smallest absolute Gasteiger partial charge is 0.191 e. The monoisotopic (exact) mass is 494 g/mol. The second-order valence-corrected chi connectivity index (χ2v) is 7.65. The summed E-state index contributed by atoms with van der Waals surface area (Å²) in [4.78, 5) is 9.32. The van der Waals surface area contributed by atoms with E-state index in [1.165, 1.54) is 30.2 Å². The number of guanidine groups is 1. The first kappa shape index (κ1) is 21.3. The van der Waals surface area contributed by atoms with Gasteiger partial charge in [-0.3, -0.25) is 4.98 Å². The van der Waals surface area contributed by atoms with Gasteiger partial charge in [-0.2, -0.15) is 0 Å². The number of hydrogen-bond donors (Lipinski definition) is 2. The first-order valence-electron chi connectivity index (χ1n) is 10.3. The van der Waals surface area contributed by atoms with Gasteiger partial charge in [-0.1, -0.05) is 24.6 Å². The van der Waals surface area contributed by atoms with E-state index in [-0.39, 0.29) is 24.0 Å². The van der Waals surface area contributed by atoms with E-state index >= 15 is 0 Å². The summed E-state index contributed by atoms with van der Waals surface area (Å²) >= 11 is 0. The molecule has 4 rings (SSSR count). The van der Waals surface area contributed by atoms with Crippen LogP contribution in [-0.4, -0.2) is 36.2 Å². The Hall–Kier alpha value is -1.41. The van der Waals surface area contributed by atoms with Crippen LogP contribution in [-0.2, 0) is 11.3 Å². The number of fused-ring (bicyclic) bond motifs is 1. The maximum absolute atomic E-state index is 5.98. The SMILES string of the molecule is CCNC(=NCc1ccnc2ccccc12)NC1CC(OCC)C12CCC2.I. The van der Waals surface area contributed by atoms with Gasteiger partial charge in [0.15, 0.2) is 5.96 Å². The van der Waals surface area contributed by atoms with Crippen molar-refractivity contribution in [2.45, 2.75) is 58.2 Å². The highest BCUT2D eigenvalue weighted by atomic mass is 127. The van der Waals surface area contributed by atoms with Crippen molar-refractivity contribution in [3.63, 3.8) is 0 Å². The van der Waals surface area contributed by atoms with Crippen molar-refractivity contribution in [3.8, 4) is 0 Å². The van der Waals surface area contributed by atoms with Gasteiger partial charge in [0.05, 0.1) is 18.2 Å². The van der Waals surface area contributed by atoms with Gasteiger partial charge in [-0.05, 0) is 50.8 Å². The van der Waals surface area contributed by atoms with Gasteiger partial charge in [-0.25, -0.2) is 4.99 Å². The van der Waals surface area contributed by atoms with E-state index in [0.717, 1.165) is 31.0 Å². The molecule has 6 heteroatoms. The predicted molar refractivity (Wildman–Crippen MR) is 125 cm³/mol. The molecule has 0 saturated heterocycles. The molecular weight excluding hydrogens is 463 g/mol. The highest BCUT2D eigenvalue weighted by Gasteiger charge is 2.59. The third kappa shape index (κ3) is 3.99. The molecule has 0 bridgehead atoms. The normalized spacial score (nSPS) is 22.9. The first-order chi connectivity index (χ1) is 13.3. The molecule has 0 aliphatic heterocycles. The van der Waals surface area contributed by atoms with Crippen LogP contribution in [0.5, 0.6) is 0 Å². The highest BCUT2D eigenvalue weighted by molar-refractivity contribution is 14.0. The Morgan fingerprint density at radius 2 is 2.07 bits per heavy atom. The van der Waals surface area contributed by atoms with E-state index in [1.54, 1.807) is 0 Å². The van der Waals surface area contributed by atoms with E-state index in [9.17, 15) is 0 Å². The highest BCUT2D eigenvalue weighted by Crippen LogP contribution is 2.57. The topological polar surface area (TPSA) is 58.5 Å². The van der Waals surface area contributed by atoms with Crippen LogP contribution in [0, 0.1) is 5.41 Å². The number of nitrogens with one attached hydrogen (secondary N) is 2. The second kappa shape index (κ2) is 9.39. The average molecular weight is 494 g/mol. The van der Waals surface area contributed by atoms with Crippen LogP contribution < -0.4 is 10.6 Å². The molecule has 2 saturated carbocycles. The minimum Gasteiger partial charge on any atom is -0.378 e. The van der Waals surface area contributed by atoms with Crippen molar-refractivity contribution >= 4 is 40.8 Å². The molecule has 2 unspecified atom stereocenters. The minimum atomic E-state index is 0. The molecule has 5 nitrogen and oxygen atoms in total. The fraction of sp³-hybridized carbons (Fsp3) is 0.545. The minimum absolute atomic E-state index is 0. The number of ether oxygens (including phenoxy) is 1. The fourth-order valence-electron chi connectivity index (χ4n) is 4.58. The average Bonchev–Trinajstić information content (AvgIpc) is 2.63. The standard InChI is InChI=1S/C22H30N4O.HI/c1-3-23-21(26-19-14-20(27-4-2)22(19)11-7-12-22)25-15-16-10-13-24-18-9-6-5-8-17(16)18;/h5-6,8-10,13,19-20H,3-4,7,11-12,14-15H2,1-2H3,(H2,23,25,26);1H. The summed E-state index contributed by atoms with van der Waals surface area (Å²) in [6, 6.07) is 10.8. The van der Waals surface area contributed by atoms with Crippen molar-refractivity contribution < 1.29 is 4.74 Å². The predicted octanol–water partition coefficient (Wildman–Crippen LogP) is 4.26. The van der Waals surface area contributed by atoms with E-state index < -0.39 is 0 Å². The molecule has 1 aromatic carbocycles. The number of nitrogens with zero attached hydrogens (tertiary/aromatic N) is 2. The molecule has 28 heavy (non-hydrogen) atoms. The summed E-state index contributed by atoms with van der Waals surface area (Å²) in [6.45, 7) is 6.52. The van der Waals surface area contributed by atoms with Gasteiger partial charge in [-0.15, -0.1) is 24.0 Å². The zero-order valence-electron chi connectivity index (χ0n) is 16.8. The van der Waals surface area contributed by atoms with Gasteiger partial charge in [0.2, 0.25) is 0 Å². The lowest BCUT2D eigenvalue weighted by Crippen LogP contribution is -2.68. The van der Waals surface area contributed by atoms with Gasteiger partial charge >= 0.3 is 0 Å². The van der Waals surface area contributed by atoms with E-state index in [2.05, 4.69) is 53.7 Å². The van der Waals surface area contributed by atoms with E-state index in [4.69, 9.17) is 9.73 Å². The summed E-state index contributed by atoms with van der Waals surface area (Å²) in [5, 5.41) is 8.29. The molecule has 0 radical (unpaired) electrons. The lowest BCUT2D eigenvalue weighted by atomic mass is 9.51. The summed E-state index contributed by atoms with van der Waals surface area (Å²) in [6.07, 6.45) is 7.22. The van der Waals surface area contributed by atoms with Crippen LogP contribution >= 0.6 is 24.0 Å². The molecule has 2 aromatic rings. The number of pyridine rings is 1. The zero-order valence-corrected chi connectivity index (χ0v) is 19.1. The number of hydrogen-bond acceptors (Lipinski definition) is 3. The Morgan fingerprint density at radius 3 is 2.79 bits per heavy atom. The molecule has 2 N–H and O–H groups in total. The maximum Gasteiger partial charge on any atom is 0.191 e. The summed E-state index contributed by atoms with van der Waals surface area (Å²) in [5.41, 5.74) is 2.56. The number of halogens is 1. The summed E-state index contributed by atoms with van der Waals surface area (Å²) < 4.78 is 5.98. The fourth-order valence-corrected chi connectivity index (χ4v) is 4.58.